The molecule has 1 amide bonds. The van der Waals surface area contributed by atoms with E-state index in [1.54, 1.807) is 11.3 Å². The average Bonchev–Trinajstić information content (AvgIpc) is 2.75. The highest BCUT2D eigenvalue weighted by Crippen LogP contribution is 2.35. The zero-order valence-electron chi connectivity index (χ0n) is 11.0. The zero-order valence-corrected chi connectivity index (χ0v) is 11.8. The number of carbonyl (C=O) groups is 1. The molecular formula is C14H21NO2S. The fourth-order valence-corrected chi connectivity index (χ4v) is 3.51. The van der Waals surface area contributed by atoms with E-state index in [-0.39, 0.29) is 24.0 Å². The highest BCUT2D eigenvalue weighted by atomic mass is 32.1. The first kappa shape index (κ1) is 13.6. The number of carbonyl (C=O) groups excluding carboxylic acids is 1. The molecule has 0 aliphatic heterocycles. The Hall–Kier alpha value is -0.870. The maximum atomic E-state index is 12.4. The van der Waals surface area contributed by atoms with E-state index in [0.29, 0.717) is 6.42 Å². The predicted octanol–water partition coefficient (Wildman–Crippen LogP) is 2.45. The van der Waals surface area contributed by atoms with Crippen molar-refractivity contribution in [3.63, 3.8) is 0 Å². The maximum Gasteiger partial charge on any atom is 0.227 e. The smallest absolute Gasteiger partial charge is 0.227 e. The summed E-state index contributed by atoms with van der Waals surface area (Å²) in [6.07, 6.45) is 3.72. The number of nitrogens with one attached hydrogen (secondary N) is 1. The number of fused-ring (bicyclic) bond motifs is 1. The Labute approximate surface area is 112 Å². The molecule has 2 N–H and O–H groups in total. The van der Waals surface area contributed by atoms with Gasteiger partial charge in [0, 0.05) is 17.0 Å². The Kier molecular flexibility index (Phi) is 4.07. The van der Waals surface area contributed by atoms with Gasteiger partial charge >= 0.3 is 0 Å². The van der Waals surface area contributed by atoms with Gasteiger partial charge in [-0.25, -0.2) is 0 Å². The molecule has 1 aromatic heterocycles. The Morgan fingerprint density at radius 2 is 2.39 bits per heavy atom. The first-order valence-electron chi connectivity index (χ1n) is 6.52. The third-order valence-electron chi connectivity index (χ3n) is 3.57. The summed E-state index contributed by atoms with van der Waals surface area (Å²) in [6.45, 7) is 4.01. The number of thiophene rings is 1. The fraction of sp³-hybridized carbons (Fsp3) is 0.643. The number of aryl methyl sites for hydroxylation is 1. The molecule has 0 radical (unpaired) electrons. The van der Waals surface area contributed by atoms with Crippen LogP contribution in [0.2, 0.25) is 0 Å². The largest absolute Gasteiger partial charge is 0.396 e. The molecule has 0 saturated heterocycles. The van der Waals surface area contributed by atoms with Gasteiger partial charge in [0.25, 0.3) is 0 Å². The molecule has 0 aromatic carbocycles. The molecule has 1 aromatic rings. The van der Waals surface area contributed by atoms with Crippen LogP contribution in [0.25, 0.3) is 0 Å². The molecule has 1 aliphatic carbocycles. The lowest BCUT2D eigenvalue weighted by atomic mass is 9.86. The molecular weight excluding hydrogens is 246 g/mol. The van der Waals surface area contributed by atoms with E-state index in [4.69, 9.17) is 5.11 Å². The van der Waals surface area contributed by atoms with E-state index in [2.05, 4.69) is 16.8 Å². The van der Waals surface area contributed by atoms with E-state index < -0.39 is 0 Å². The zero-order chi connectivity index (χ0) is 13.2. The Bertz CT molecular complexity index is 425. The Morgan fingerprint density at radius 3 is 3.11 bits per heavy atom. The van der Waals surface area contributed by atoms with Gasteiger partial charge in [-0.2, -0.15) is 0 Å². The van der Waals surface area contributed by atoms with Crippen molar-refractivity contribution in [3.05, 3.63) is 21.9 Å². The van der Waals surface area contributed by atoms with Crippen LogP contribution in [0, 0.1) is 0 Å². The summed E-state index contributed by atoms with van der Waals surface area (Å²) in [5.74, 6) is 0.103. The first-order valence-corrected chi connectivity index (χ1v) is 7.40. The van der Waals surface area contributed by atoms with Gasteiger partial charge in [0.2, 0.25) is 5.91 Å². The molecule has 1 unspecified atom stereocenters. The van der Waals surface area contributed by atoms with Crippen molar-refractivity contribution in [1.29, 1.82) is 0 Å². The third kappa shape index (κ3) is 2.93. The van der Waals surface area contributed by atoms with Crippen LogP contribution < -0.4 is 5.32 Å². The number of amides is 1. The fourth-order valence-electron chi connectivity index (χ4n) is 2.52. The van der Waals surface area contributed by atoms with E-state index in [9.17, 15) is 4.79 Å². The van der Waals surface area contributed by atoms with Gasteiger partial charge in [-0.3, -0.25) is 4.79 Å². The SMILES string of the molecule is CC(C)(CCO)NC(=O)C1CCCc2sccc21. The summed E-state index contributed by atoms with van der Waals surface area (Å²) in [6, 6.07) is 2.09. The second-order valence-corrected chi connectivity index (χ2v) is 6.59. The minimum absolute atomic E-state index is 0.00188. The summed E-state index contributed by atoms with van der Waals surface area (Å²) in [5, 5.41) is 14.1. The van der Waals surface area contributed by atoms with Crippen LogP contribution in [0.4, 0.5) is 0 Å². The Balaban J connectivity index is 2.07. The molecule has 1 aliphatic rings. The number of rotatable bonds is 4. The standard InChI is InChI=1S/C14H21NO2S/c1-14(2,7-8-16)15-13(17)11-4-3-5-12-10(11)6-9-18-12/h6,9,11,16H,3-5,7-8H2,1-2H3,(H,15,17). The molecule has 0 fully saturated rings. The molecule has 18 heavy (non-hydrogen) atoms. The molecule has 0 spiro atoms. The summed E-state index contributed by atoms with van der Waals surface area (Å²) in [5.41, 5.74) is 0.878. The minimum atomic E-state index is -0.334. The molecule has 3 nitrogen and oxygen atoms in total. The van der Waals surface area contributed by atoms with Gasteiger partial charge in [-0.1, -0.05) is 0 Å². The van der Waals surface area contributed by atoms with E-state index >= 15 is 0 Å². The summed E-state index contributed by atoms with van der Waals surface area (Å²) < 4.78 is 0. The summed E-state index contributed by atoms with van der Waals surface area (Å²) in [4.78, 5) is 13.7. The van der Waals surface area contributed by atoms with Gasteiger partial charge in [0.15, 0.2) is 0 Å². The van der Waals surface area contributed by atoms with Crippen molar-refractivity contribution in [2.75, 3.05) is 6.61 Å². The third-order valence-corrected chi connectivity index (χ3v) is 4.56. The van der Waals surface area contributed by atoms with Crippen molar-refractivity contribution in [1.82, 2.24) is 5.32 Å². The normalized spacial score (nSPS) is 19.4. The predicted molar refractivity (Wildman–Crippen MR) is 73.9 cm³/mol. The molecule has 0 bridgehead atoms. The quantitative estimate of drug-likeness (QED) is 0.880. The second-order valence-electron chi connectivity index (χ2n) is 5.59. The topological polar surface area (TPSA) is 49.3 Å². The van der Waals surface area contributed by atoms with Crippen LogP contribution in [-0.2, 0) is 11.2 Å². The summed E-state index contributed by atoms with van der Waals surface area (Å²) >= 11 is 1.75. The monoisotopic (exact) mass is 267 g/mol. The Morgan fingerprint density at radius 1 is 1.61 bits per heavy atom. The van der Waals surface area contributed by atoms with Gasteiger partial charge in [-0.05, 0) is 56.5 Å². The molecule has 100 valence electrons. The van der Waals surface area contributed by atoms with Gasteiger partial charge in [0.1, 0.15) is 0 Å². The number of aliphatic hydroxyl groups is 1. The van der Waals surface area contributed by atoms with Crippen LogP contribution in [0.15, 0.2) is 11.4 Å². The van der Waals surface area contributed by atoms with E-state index in [1.165, 1.54) is 10.4 Å². The van der Waals surface area contributed by atoms with Crippen LogP contribution in [0.5, 0.6) is 0 Å². The van der Waals surface area contributed by atoms with Crippen molar-refractivity contribution >= 4 is 17.2 Å². The minimum Gasteiger partial charge on any atom is -0.396 e. The van der Waals surface area contributed by atoms with Crippen molar-refractivity contribution in [2.24, 2.45) is 0 Å². The van der Waals surface area contributed by atoms with Crippen molar-refractivity contribution in [2.45, 2.75) is 51.0 Å². The van der Waals surface area contributed by atoms with Crippen LogP contribution in [0.1, 0.15) is 49.5 Å². The van der Waals surface area contributed by atoms with Crippen LogP contribution in [-0.4, -0.2) is 23.2 Å². The molecule has 4 heteroatoms. The second kappa shape index (κ2) is 5.41. The summed E-state index contributed by atoms with van der Waals surface area (Å²) in [7, 11) is 0. The highest BCUT2D eigenvalue weighted by molar-refractivity contribution is 7.10. The van der Waals surface area contributed by atoms with Crippen LogP contribution >= 0.6 is 11.3 Å². The average molecular weight is 267 g/mol. The van der Waals surface area contributed by atoms with Crippen LogP contribution in [0.3, 0.4) is 0 Å². The lowest BCUT2D eigenvalue weighted by molar-refractivity contribution is -0.124. The lowest BCUT2D eigenvalue weighted by Gasteiger charge is -2.29. The van der Waals surface area contributed by atoms with Gasteiger partial charge < -0.3 is 10.4 Å². The number of aliphatic hydroxyl groups excluding tert-OH is 1. The van der Waals surface area contributed by atoms with E-state index in [1.807, 2.05) is 13.8 Å². The highest BCUT2D eigenvalue weighted by Gasteiger charge is 2.30. The number of hydrogen-bond donors (Lipinski definition) is 2. The molecule has 1 atom stereocenters. The lowest BCUT2D eigenvalue weighted by Crippen LogP contribution is -2.46. The van der Waals surface area contributed by atoms with Crippen molar-refractivity contribution in [3.8, 4) is 0 Å². The first-order chi connectivity index (χ1) is 8.53. The number of hydrogen-bond acceptors (Lipinski definition) is 3. The maximum absolute atomic E-state index is 12.4. The van der Waals surface area contributed by atoms with E-state index in [0.717, 1.165) is 19.3 Å². The molecule has 1 heterocycles. The van der Waals surface area contributed by atoms with Gasteiger partial charge in [-0.15, -0.1) is 11.3 Å². The van der Waals surface area contributed by atoms with Crippen molar-refractivity contribution < 1.29 is 9.90 Å². The molecule has 2 rings (SSSR count). The van der Waals surface area contributed by atoms with Gasteiger partial charge in [0.05, 0.1) is 5.92 Å². The molecule has 0 saturated carbocycles.